The van der Waals surface area contributed by atoms with Gasteiger partial charge in [0.1, 0.15) is 10.9 Å². The maximum Gasteiger partial charge on any atom is 0.354 e. The number of hydrogen-bond donors (Lipinski definition) is 2. The lowest BCUT2D eigenvalue weighted by molar-refractivity contribution is -0.116. The van der Waals surface area contributed by atoms with Gasteiger partial charge in [-0.2, -0.15) is 0 Å². The first-order valence-electron chi connectivity index (χ1n) is 6.12. The Bertz CT molecular complexity index is 624. The molecule has 1 aromatic heterocycles. The van der Waals surface area contributed by atoms with Crippen LogP contribution in [0.1, 0.15) is 29.8 Å². The second-order valence-corrected chi connectivity index (χ2v) is 6.88. The summed E-state index contributed by atoms with van der Waals surface area (Å²) in [6.07, 6.45) is 2.79. The van der Waals surface area contributed by atoms with Crippen LogP contribution in [0.3, 0.4) is 0 Å². The number of anilines is 1. The molecule has 1 unspecified atom stereocenters. The number of nitrogens with zero attached hydrogens (tertiary/aromatic N) is 1. The van der Waals surface area contributed by atoms with E-state index in [1.165, 1.54) is 18.3 Å². The van der Waals surface area contributed by atoms with Gasteiger partial charge in [0, 0.05) is 0 Å². The van der Waals surface area contributed by atoms with E-state index in [1.54, 1.807) is 0 Å². The number of aromatic carboxylic acids is 1. The maximum atomic E-state index is 12.0. The number of hydrogen-bond acceptors (Lipinski definition) is 5. The first kappa shape index (κ1) is 14.4. The molecule has 108 valence electrons. The van der Waals surface area contributed by atoms with Crippen molar-refractivity contribution in [2.75, 3.05) is 11.1 Å². The first-order chi connectivity index (χ1) is 9.40. The summed E-state index contributed by atoms with van der Waals surface area (Å²) in [4.78, 5) is 26.3. The third-order valence-electron chi connectivity index (χ3n) is 3.12. The van der Waals surface area contributed by atoms with Gasteiger partial charge in [0.15, 0.2) is 9.84 Å². The van der Waals surface area contributed by atoms with Crippen molar-refractivity contribution >= 4 is 27.4 Å². The highest BCUT2D eigenvalue weighted by Gasteiger charge is 2.34. The summed E-state index contributed by atoms with van der Waals surface area (Å²) in [6, 6.07) is 2.62. The predicted molar refractivity (Wildman–Crippen MR) is 71.3 cm³/mol. The van der Waals surface area contributed by atoms with Gasteiger partial charge in [-0.15, -0.1) is 0 Å². The lowest BCUT2D eigenvalue weighted by Crippen LogP contribution is -2.39. The molecule has 8 heteroatoms. The Morgan fingerprint density at radius 3 is 2.60 bits per heavy atom. The van der Waals surface area contributed by atoms with E-state index in [4.69, 9.17) is 5.11 Å². The molecule has 2 heterocycles. The summed E-state index contributed by atoms with van der Waals surface area (Å²) in [7, 11) is -3.39. The fourth-order valence-corrected chi connectivity index (χ4v) is 3.87. The fourth-order valence-electron chi connectivity index (χ4n) is 2.07. The monoisotopic (exact) mass is 298 g/mol. The van der Waals surface area contributed by atoms with Gasteiger partial charge in [-0.3, -0.25) is 4.79 Å². The van der Waals surface area contributed by atoms with Crippen molar-refractivity contribution in [1.29, 1.82) is 0 Å². The van der Waals surface area contributed by atoms with Gasteiger partial charge in [0.25, 0.3) is 0 Å². The summed E-state index contributed by atoms with van der Waals surface area (Å²) in [6.45, 7) is 0. The molecule has 0 aliphatic carbocycles. The Morgan fingerprint density at radius 2 is 2.05 bits per heavy atom. The van der Waals surface area contributed by atoms with Gasteiger partial charge in [0.2, 0.25) is 5.91 Å². The summed E-state index contributed by atoms with van der Waals surface area (Å²) >= 11 is 0. The number of nitrogens with one attached hydrogen (secondary N) is 1. The molecule has 20 heavy (non-hydrogen) atoms. The molecule has 0 spiro atoms. The number of sulfone groups is 1. The van der Waals surface area contributed by atoms with Gasteiger partial charge in [-0.05, 0) is 25.0 Å². The van der Waals surface area contributed by atoms with Gasteiger partial charge >= 0.3 is 5.97 Å². The van der Waals surface area contributed by atoms with Crippen LogP contribution in [-0.4, -0.2) is 41.4 Å². The highest BCUT2D eigenvalue weighted by Crippen LogP contribution is 2.21. The van der Waals surface area contributed by atoms with E-state index in [0.29, 0.717) is 19.3 Å². The van der Waals surface area contributed by atoms with Crippen LogP contribution < -0.4 is 5.32 Å². The van der Waals surface area contributed by atoms with Crippen molar-refractivity contribution in [1.82, 2.24) is 4.98 Å². The molecule has 0 saturated carbocycles. The zero-order valence-electron chi connectivity index (χ0n) is 10.6. The molecule has 1 saturated heterocycles. The topological polar surface area (TPSA) is 113 Å². The number of amides is 1. The number of pyridine rings is 1. The molecule has 0 aromatic carbocycles. The van der Waals surface area contributed by atoms with E-state index < -0.39 is 27.0 Å². The lowest BCUT2D eigenvalue weighted by atomic mass is 10.2. The van der Waals surface area contributed by atoms with Crippen LogP contribution in [0, 0.1) is 0 Å². The molecule has 1 atom stereocenters. The van der Waals surface area contributed by atoms with E-state index in [9.17, 15) is 18.0 Å². The average molecular weight is 298 g/mol. The first-order valence-corrected chi connectivity index (χ1v) is 7.83. The van der Waals surface area contributed by atoms with Crippen LogP contribution in [0.4, 0.5) is 5.69 Å². The normalized spacial score (nSPS) is 21.1. The summed E-state index contributed by atoms with van der Waals surface area (Å²) in [5.41, 5.74) is 0.133. The number of rotatable bonds is 3. The Hall–Kier alpha value is -1.96. The summed E-state index contributed by atoms with van der Waals surface area (Å²) in [5, 5.41) is 10.1. The highest BCUT2D eigenvalue weighted by molar-refractivity contribution is 7.92. The molecule has 2 N–H and O–H groups in total. The molecule has 7 nitrogen and oxygen atoms in total. The zero-order valence-corrected chi connectivity index (χ0v) is 11.4. The Labute approximate surface area is 115 Å². The number of carboxylic acid groups (broad SMARTS) is 1. The summed E-state index contributed by atoms with van der Waals surface area (Å²) in [5.74, 6) is -1.73. The third-order valence-corrected chi connectivity index (χ3v) is 5.30. The second-order valence-electron chi connectivity index (χ2n) is 4.58. The van der Waals surface area contributed by atoms with Crippen LogP contribution in [0.5, 0.6) is 0 Å². The van der Waals surface area contributed by atoms with E-state index in [0.717, 1.165) is 0 Å². The zero-order chi connectivity index (χ0) is 14.8. The molecule has 0 bridgehead atoms. The minimum atomic E-state index is -3.39. The largest absolute Gasteiger partial charge is 0.477 e. The lowest BCUT2D eigenvalue weighted by Gasteiger charge is -2.21. The van der Waals surface area contributed by atoms with Crippen LogP contribution in [0.2, 0.25) is 0 Å². The molecular formula is C12H14N2O5S. The van der Waals surface area contributed by atoms with Crippen molar-refractivity contribution in [2.24, 2.45) is 0 Å². The molecular weight excluding hydrogens is 284 g/mol. The van der Waals surface area contributed by atoms with E-state index in [1.807, 2.05) is 0 Å². The second kappa shape index (κ2) is 5.58. The number of aromatic nitrogens is 1. The quantitative estimate of drug-likeness (QED) is 0.848. The summed E-state index contributed by atoms with van der Waals surface area (Å²) < 4.78 is 23.6. The van der Waals surface area contributed by atoms with E-state index in [2.05, 4.69) is 10.3 Å². The van der Waals surface area contributed by atoms with Crippen molar-refractivity contribution in [2.45, 2.75) is 24.5 Å². The number of carboxylic acids is 1. The maximum absolute atomic E-state index is 12.0. The molecule has 0 radical (unpaired) electrons. The predicted octanol–water partition coefficient (Wildman–Crippen LogP) is 0.686. The smallest absolute Gasteiger partial charge is 0.354 e. The van der Waals surface area contributed by atoms with Crippen molar-refractivity contribution in [3.63, 3.8) is 0 Å². The SMILES string of the molecule is O=C(O)c1ccc(NC(=O)C2CCCCS2(=O)=O)cn1. The molecule has 1 amide bonds. The van der Waals surface area contributed by atoms with Crippen molar-refractivity contribution in [3.8, 4) is 0 Å². The van der Waals surface area contributed by atoms with Crippen molar-refractivity contribution in [3.05, 3.63) is 24.0 Å². The molecule has 1 aliphatic rings. The minimum absolute atomic E-state index is 0.0291. The Kier molecular flexibility index (Phi) is 4.03. The van der Waals surface area contributed by atoms with E-state index >= 15 is 0 Å². The van der Waals surface area contributed by atoms with Gasteiger partial charge in [-0.1, -0.05) is 6.42 Å². The van der Waals surface area contributed by atoms with Crippen LogP contribution in [-0.2, 0) is 14.6 Å². The molecule has 2 rings (SSSR count). The van der Waals surface area contributed by atoms with Crippen molar-refractivity contribution < 1.29 is 23.1 Å². The Morgan fingerprint density at radius 1 is 1.30 bits per heavy atom. The van der Waals surface area contributed by atoms with Crippen LogP contribution >= 0.6 is 0 Å². The standard InChI is InChI=1S/C12H14N2O5S/c15-11(10-3-1-2-6-20(10,18)19)14-8-4-5-9(12(16)17)13-7-8/h4-5,7,10H,1-3,6H2,(H,14,15)(H,16,17). The van der Waals surface area contributed by atoms with E-state index in [-0.39, 0.29) is 17.1 Å². The highest BCUT2D eigenvalue weighted by atomic mass is 32.2. The third kappa shape index (κ3) is 3.13. The van der Waals surface area contributed by atoms with Crippen LogP contribution in [0.15, 0.2) is 18.3 Å². The number of carbonyl (C=O) groups is 2. The minimum Gasteiger partial charge on any atom is -0.477 e. The Balaban J connectivity index is 2.09. The average Bonchev–Trinajstić information content (AvgIpc) is 2.38. The van der Waals surface area contributed by atoms with Gasteiger partial charge < -0.3 is 10.4 Å². The van der Waals surface area contributed by atoms with Gasteiger partial charge in [-0.25, -0.2) is 18.2 Å². The number of carbonyl (C=O) groups excluding carboxylic acids is 1. The molecule has 1 aromatic rings. The van der Waals surface area contributed by atoms with Gasteiger partial charge in [0.05, 0.1) is 17.6 Å². The fraction of sp³-hybridized carbons (Fsp3) is 0.417. The van der Waals surface area contributed by atoms with Crippen LogP contribution in [0.25, 0.3) is 0 Å². The molecule has 1 aliphatic heterocycles. The molecule has 1 fully saturated rings.